The van der Waals surface area contributed by atoms with Crippen molar-refractivity contribution >= 4 is 6.21 Å². The molecule has 1 N–H and O–H groups in total. The molecule has 15 heavy (non-hydrogen) atoms. The maximum atomic E-state index is 12.3. The summed E-state index contributed by atoms with van der Waals surface area (Å²) in [6.07, 6.45) is -11.0. The van der Waals surface area contributed by atoms with Gasteiger partial charge in [0, 0.05) is 6.21 Å². The molecule has 0 spiro atoms. The summed E-state index contributed by atoms with van der Waals surface area (Å²) in [6, 6.07) is 0.916. The van der Waals surface area contributed by atoms with E-state index in [0.717, 1.165) is 11.5 Å². The van der Waals surface area contributed by atoms with Crippen LogP contribution in [-0.2, 0) is 0 Å². The average Bonchev–Trinajstić information content (AvgIpc) is 2.44. The van der Waals surface area contributed by atoms with Crippen LogP contribution in [0.3, 0.4) is 0 Å². The lowest BCUT2D eigenvalue weighted by Gasteiger charge is -2.34. The molecule has 1 unspecified atom stereocenters. The normalized spacial score (nSPS) is 24.7. The second kappa shape index (κ2) is 3.01. The molecule has 0 saturated carbocycles. The SMILES string of the molecule is N#CC1C=NNC1(C(F)(F)F)C(F)(F)F. The van der Waals surface area contributed by atoms with Crippen LogP contribution in [0.15, 0.2) is 5.10 Å². The Hall–Kier alpha value is -1.46. The van der Waals surface area contributed by atoms with Gasteiger partial charge in [0.2, 0.25) is 0 Å². The lowest BCUT2D eigenvalue weighted by Crippen LogP contribution is -2.66. The van der Waals surface area contributed by atoms with Crippen molar-refractivity contribution < 1.29 is 26.3 Å². The molecular weight excluding hydrogens is 228 g/mol. The molecule has 1 rings (SSSR count). The van der Waals surface area contributed by atoms with E-state index < -0.39 is 23.8 Å². The van der Waals surface area contributed by atoms with Crippen LogP contribution in [-0.4, -0.2) is 24.1 Å². The summed E-state index contributed by atoms with van der Waals surface area (Å²) < 4.78 is 74.0. The van der Waals surface area contributed by atoms with Crippen molar-refractivity contribution in [2.75, 3.05) is 0 Å². The Bertz CT molecular complexity index is 307. The second-order valence-corrected chi connectivity index (χ2v) is 2.80. The molecule has 0 bridgehead atoms. The van der Waals surface area contributed by atoms with E-state index in [2.05, 4.69) is 5.10 Å². The molecule has 0 fully saturated rings. The molecule has 1 atom stereocenters. The van der Waals surface area contributed by atoms with Crippen molar-refractivity contribution in [2.24, 2.45) is 11.0 Å². The van der Waals surface area contributed by atoms with E-state index in [1.165, 1.54) is 0 Å². The lowest BCUT2D eigenvalue weighted by atomic mass is 9.85. The standard InChI is InChI=1S/C6H3F6N3/c7-5(8,9)4(6(10,11)12)3(1-13)2-14-15-4/h2-3,15H. The number of alkyl halides is 6. The number of hydrogen-bond donors (Lipinski definition) is 1. The van der Waals surface area contributed by atoms with Gasteiger partial charge >= 0.3 is 12.4 Å². The zero-order valence-electron chi connectivity index (χ0n) is 6.82. The van der Waals surface area contributed by atoms with E-state index in [0.29, 0.717) is 6.21 Å². The molecule has 9 heteroatoms. The summed E-state index contributed by atoms with van der Waals surface area (Å²) in [5.74, 6) is -2.42. The monoisotopic (exact) mass is 231 g/mol. The van der Waals surface area contributed by atoms with Gasteiger partial charge in [-0.15, -0.1) is 0 Å². The van der Waals surface area contributed by atoms with E-state index in [4.69, 9.17) is 5.26 Å². The summed E-state index contributed by atoms with van der Waals surface area (Å²) in [5.41, 5.74) is -3.35. The highest BCUT2D eigenvalue weighted by atomic mass is 19.4. The summed E-state index contributed by atoms with van der Waals surface area (Å²) in [6.45, 7) is 0. The molecule has 3 nitrogen and oxygen atoms in total. The van der Waals surface area contributed by atoms with Gasteiger partial charge in [-0.2, -0.15) is 36.7 Å². The molecule has 0 aromatic carbocycles. The minimum atomic E-state index is -5.65. The van der Waals surface area contributed by atoms with E-state index >= 15 is 0 Å². The fraction of sp³-hybridized carbons (Fsp3) is 0.667. The quantitative estimate of drug-likeness (QED) is 0.643. The Balaban J connectivity index is 3.29. The number of halogens is 6. The summed E-state index contributed by atoms with van der Waals surface area (Å²) >= 11 is 0. The number of nitrogens with zero attached hydrogens (tertiary/aromatic N) is 2. The summed E-state index contributed by atoms with van der Waals surface area (Å²) in [7, 11) is 0. The number of hydrazone groups is 1. The van der Waals surface area contributed by atoms with Crippen LogP contribution in [0.25, 0.3) is 0 Å². The zero-order valence-corrected chi connectivity index (χ0v) is 6.82. The van der Waals surface area contributed by atoms with Gasteiger partial charge in [-0.3, -0.25) is 5.43 Å². The van der Waals surface area contributed by atoms with Crippen LogP contribution in [0, 0.1) is 17.2 Å². The van der Waals surface area contributed by atoms with Crippen LogP contribution in [0.1, 0.15) is 0 Å². The van der Waals surface area contributed by atoms with Crippen LogP contribution >= 0.6 is 0 Å². The van der Waals surface area contributed by atoms with Crippen molar-refractivity contribution in [3.63, 3.8) is 0 Å². The lowest BCUT2D eigenvalue weighted by molar-refractivity contribution is -0.309. The highest BCUT2D eigenvalue weighted by molar-refractivity contribution is 5.69. The molecule has 1 aliphatic rings. The Kier molecular flexibility index (Phi) is 2.33. The largest absolute Gasteiger partial charge is 0.423 e. The highest BCUT2D eigenvalue weighted by Gasteiger charge is 2.76. The zero-order chi connectivity index (χ0) is 11.9. The van der Waals surface area contributed by atoms with Crippen molar-refractivity contribution in [3.05, 3.63) is 0 Å². The topological polar surface area (TPSA) is 48.2 Å². The minimum absolute atomic E-state index is 0.293. The Morgan fingerprint density at radius 2 is 1.67 bits per heavy atom. The predicted molar refractivity (Wildman–Crippen MR) is 35.6 cm³/mol. The van der Waals surface area contributed by atoms with Gasteiger partial charge in [-0.05, 0) is 0 Å². The van der Waals surface area contributed by atoms with Gasteiger partial charge < -0.3 is 0 Å². The molecule has 0 aromatic heterocycles. The first-order chi connectivity index (χ1) is 6.67. The Labute approximate surface area is 79.4 Å². The summed E-state index contributed by atoms with van der Waals surface area (Å²) in [5, 5.41) is 10.9. The Morgan fingerprint density at radius 3 is 1.93 bits per heavy atom. The predicted octanol–water partition coefficient (Wildman–Crippen LogP) is 1.58. The summed E-state index contributed by atoms with van der Waals surface area (Å²) in [4.78, 5) is 0. The molecule has 1 aliphatic heterocycles. The van der Waals surface area contributed by atoms with Gasteiger partial charge in [-0.1, -0.05) is 0 Å². The van der Waals surface area contributed by atoms with Crippen molar-refractivity contribution in [1.82, 2.24) is 5.43 Å². The van der Waals surface area contributed by atoms with Gasteiger partial charge in [0.05, 0.1) is 6.07 Å². The molecule has 84 valence electrons. The number of nitrogens with one attached hydrogen (secondary N) is 1. The van der Waals surface area contributed by atoms with E-state index in [1.54, 1.807) is 0 Å². The number of hydrogen-bond acceptors (Lipinski definition) is 3. The molecule has 1 heterocycles. The van der Waals surface area contributed by atoms with Crippen LogP contribution in [0.4, 0.5) is 26.3 Å². The maximum Gasteiger partial charge on any atom is 0.423 e. The minimum Gasteiger partial charge on any atom is -0.285 e. The second-order valence-electron chi connectivity index (χ2n) is 2.80. The third-order valence-electron chi connectivity index (χ3n) is 1.96. The maximum absolute atomic E-state index is 12.3. The first-order valence-electron chi connectivity index (χ1n) is 3.50. The third kappa shape index (κ3) is 1.40. The Morgan fingerprint density at radius 1 is 1.20 bits per heavy atom. The average molecular weight is 231 g/mol. The van der Waals surface area contributed by atoms with Gasteiger partial charge in [-0.25, -0.2) is 0 Å². The van der Waals surface area contributed by atoms with Crippen LogP contribution in [0.5, 0.6) is 0 Å². The first kappa shape index (κ1) is 11.6. The number of nitriles is 1. The van der Waals surface area contributed by atoms with Gasteiger partial charge in [0.25, 0.3) is 5.54 Å². The van der Waals surface area contributed by atoms with Gasteiger partial charge in [0.15, 0.2) is 0 Å². The van der Waals surface area contributed by atoms with E-state index in [9.17, 15) is 26.3 Å². The van der Waals surface area contributed by atoms with Crippen molar-refractivity contribution in [2.45, 2.75) is 17.9 Å². The van der Waals surface area contributed by atoms with Crippen LogP contribution < -0.4 is 5.43 Å². The van der Waals surface area contributed by atoms with E-state index in [1.807, 2.05) is 0 Å². The smallest absolute Gasteiger partial charge is 0.285 e. The number of rotatable bonds is 0. The molecular formula is C6H3F6N3. The van der Waals surface area contributed by atoms with E-state index in [-0.39, 0.29) is 0 Å². The van der Waals surface area contributed by atoms with Crippen molar-refractivity contribution in [3.8, 4) is 6.07 Å². The fourth-order valence-corrected chi connectivity index (χ4v) is 1.17. The fourth-order valence-electron chi connectivity index (χ4n) is 1.17. The molecule has 0 aromatic rings. The first-order valence-corrected chi connectivity index (χ1v) is 3.50. The van der Waals surface area contributed by atoms with Gasteiger partial charge in [0.1, 0.15) is 5.92 Å². The molecule has 0 saturated heterocycles. The van der Waals surface area contributed by atoms with Crippen LogP contribution in [0.2, 0.25) is 0 Å². The third-order valence-corrected chi connectivity index (χ3v) is 1.96. The molecule has 0 amide bonds. The van der Waals surface area contributed by atoms with Crippen molar-refractivity contribution in [1.29, 1.82) is 5.26 Å². The molecule has 0 radical (unpaired) electrons. The molecule has 0 aliphatic carbocycles. The highest BCUT2D eigenvalue weighted by Crippen LogP contribution is 2.48.